The van der Waals surface area contributed by atoms with E-state index in [1.54, 1.807) is 24.3 Å². The van der Waals surface area contributed by atoms with E-state index < -0.39 is 23.7 Å². The molecule has 0 saturated heterocycles. The highest BCUT2D eigenvalue weighted by Crippen LogP contribution is 2.48. The molecule has 2 aliphatic carbocycles. The lowest BCUT2D eigenvalue weighted by Gasteiger charge is -2.45. The van der Waals surface area contributed by atoms with Crippen molar-refractivity contribution in [1.82, 2.24) is 0 Å². The minimum Gasteiger partial charge on any atom is -0.452 e. The predicted octanol–water partition coefficient (Wildman–Crippen LogP) is 7.31. The number of Topliss-reactive ketones (excluding diaryl/α,β-unsaturated/α-hetero) is 1. The van der Waals surface area contributed by atoms with E-state index in [1.807, 2.05) is 38.1 Å². The molecule has 0 aromatic heterocycles. The molecule has 7 heteroatoms. The van der Waals surface area contributed by atoms with E-state index in [9.17, 15) is 22.8 Å². The van der Waals surface area contributed by atoms with Gasteiger partial charge in [0.25, 0.3) is 0 Å². The molecule has 0 radical (unpaired) electrons. The Bertz CT molecular complexity index is 977. The lowest BCUT2D eigenvalue weighted by molar-refractivity contribution is -0.221. The van der Waals surface area contributed by atoms with Crippen LogP contribution in [0, 0.1) is 5.92 Å². The minimum atomic E-state index is -5.10. The third-order valence-corrected chi connectivity index (χ3v) is 6.89. The van der Waals surface area contributed by atoms with E-state index in [2.05, 4.69) is 0 Å². The highest BCUT2D eigenvalue weighted by molar-refractivity contribution is 6.30. The van der Waals surface area contributed by atoms with Gasteiger partial charge in [-0.3, -0.25) is 4.79 Å². The van der Waals surface area contributed by atoms with Gasteiger partial charge >= 0.3 is 12.1 Å². The highest BCUT2D eigenvalue weighted by Gasteiger charge is 2.53. The topological polar surface area (TPSA) is 43.4 Å². The van der Waals surface area contributed by atoms with Crippen LogP contribution in [-0.4, -0.2) is 23.5 Å². The number of rotatable bonds is 3. The fourth-order valence-electron chi connectivity index (χ4n) is 5.04. The number of ketones is 1. The van der Waals surface area contributed by atoms with Crippen molar-refractivity contribution in [3.63, 3.8) is 0 Å². The summed E-state index contributed by atoms with van der Waals surface area (Å²) in [6, 6.07) is 14.5. The molecule has 0 aliphatic heterocycles. The number of alkyl halides is 3. The highest BCUT2D eigenvalue weighted by atomic mass is 35.5. The average Bonchev–Trinajstić information content (AvgIpc) is 2.81. The Morgan fingerprint density at radius 2 is 1.61 bits per heavy atom. The van der Waals surface area contributed by atoms with Gasteiger partial charge in [0.15, 0.2) is 5.78 Å². The van der Waals surface area contributed by atoms with Gasteiger partial charge in [-0.2, -0.15) is 13.2 Å². The van der Waals surface area contributed by atoms with Crippen molar-refractivity contribution < 1.29 is 27.5 Å². The summed E-state index contributed by atoms with van der Waals surface area (Å²) in [5, 5.41) is 0.611. The summed E-state index contributed by atoms with van der Waals surface area (Å²) in [7, 11) is 0. The first-order valence-corrected chi connectivity index (χ1v) is 11.8. The number of benzene rings is 2. The van der Waals surface area contributed by atoms with Gasteiger partial charge < -0.3 is 4.74 Å². The fraction of sp³-hybridized carbons (Fsp3) is 0.462. The van der Waals surface area contributed by atoms with Gasteiger partial charge in [-0.1, -0.05) is 61.8 Å². The van der Waals surface area contributed by atoms with Crippen molar-refractivity contribution in [2.75, 3.05) is 0 Å². The molecule has 33 heavy (non-hydrogen) atoms. The van der Waals surface area contributed by atoms with Crippen molar-refractivity contribution >= 4 is 23.4 Å². The zero-order chi connectivity index (χ0) is 24.2. The lowest BCUT2D eigenvalue weighted by Crippen LogP contribution is -2.51. The molecule has 178 valence electrons. The van der Waals surface area contributed by atoms with Gasteiger partial charge in [0.2, 0.25) is 0 Å². The van der Waals surface area contributed by atoms with E-state index in [1.165, 1.54) is 0 Å². The summed E-state index contributed by atoms with van der Waals surface area (Å²) in [6.07, 6.45) is -2.70. The number of esters is 1. The Labute approximate surface area is 197 Å². The van der Waals surface area contributed by atoms with Gasteiger partial charge in [0.1, 0.15) is 5.60 Å². The van der Waals surface area contributed by atoms with Gasteiger partial charge in [-0.05, 0) is 67.7 Å². The number of fused-ring (bicyclic) bond motifs is 1. The standard InChI is InChI=1S/C24H22ClF3O3.C2H6/c25-18-8-5-15(6-9-18)16-11-13-23(14-12-16,31-22(30)24(26,27)28)20-10-7-17-3-1-2-4-19(17)21(20)29;1-2/h1-6,8-9,16,20H,7,10-14H2;1-2H3. The zero-order valence-electron chi connectivity index (χ0n) is 18.8. The smallest absolute Gasteiger partial charge is 0.452 e. The largest absolute Gasteiger partial charge is 0.490 e. The first-order valence-electron chi connectivity index (χ1n) is 11.4. The van der Waals surface area contributed by atoms with Crippen LogP contribution in [0.3, 0.4) is 0 Å². The maximum Gasteiger partial charge on any atom is 0.490 e. The van der Waals surface area contributed by atoms with Crippen LogP contribution in [0.1, 0.15) is 73.4 Å². The number of hydrogen-bond donors (Lipinski definition) is 0. The number of aryl methyl sites for hydroxylation is 1. The third kappa shape index (κ3) is 5.43. The molecule has 1 unspecified atom stereocenters. The van der Waals surface area contributed by atoms with Gasteiger partial charge in [0.05, 0.1) is 5.92 Å². The summed E-state index contributed by atoms with van der Waals surface area (Å²) >= 11 is 5.95. The van der Waals surface area contributed by atoms with E-state index in [0.717, 1.165) is 11.1 Å². The monoisotopic (exact) mass is 480 g/mol. The van der Waals surface area contributed by atoms with Crippen molar-refractivity contribution in [2.45, 2.75) is 70.1 Å². The van der Waals surface area contributed by atoms with Crippen LogP contribution in [0.15, 0.2) is 48.5 Å². The maximum atomic E-state index is 13.3. The zero-order valence-corrected chi connectivity index (χ0v) is 19.5. The van der Waals surface area contributed by atoms with Crippen LogP contribution in [0.25, 0.3) is 0 Å². The molecule has 0 heterocycles. The van der Waals surface area contributed by atoms with Crippen LogP contribution >= 0.6 is 11.6 Å². The van der Waals surface area contributed by atoms with Crippen LogP contribution in [0.2, 0.25) is 5.02 Å². The average molecular weight is 481 g/mol. The van der Waals surface area contributed by atoms with Crippen LogP contribution < -0.4 is 0 Å². The molecule has 0 amide bonds. The number of carbonyl (C=O) groups is 2. The molecule has 4 rings (SSSR count). The van der Waals surface area contributed by atoms with Crippen LogP contribution in [0.5, 0.6) is 0 Å². The van der Waals surface area contributed by atoms with Gasteiger partial charge in [0, 0.05) is 10.6 Å². The molecule has 1 atom stereocenters. The quantitative estimate of drug-likeness (QED) is 0.432. The molecule has 1 saturated carbocycles. The van der Waals surface area contributed by atoms with Crippen LogP contribution in [-0.2, 0) is 16.0 Å². The number of carbonyl (C=O) groups excluding carboxylic acids is 2. The van der Waals surface area contributed by atoms with E-state index in [0.29, 0.717) is 36.3 Å². The van der Waals surface area contributed by atoms with Crippen molar-refractivity contribution in [3.8, 4) is 0 Å². The lowest BCUT2D eigenvalue weighted by atomic mass is 9.65. The Balaban J connectivity index is 0.00000149. The van der Waals surface area contributed by atoms with Crippen molar-refractivity contribution in [2.24, 2.45) is 5.92 Å². The van der Waals surface area contributed by atoms with Crippen LogP contribution in [0.4, 0.5) is 13.2 Å². The summed E-state index contributed by atoms with van der Waals surface area (Å²) < 4.78 is 44.4. The molecule has 2 aliphatic rings. The van der Waals surface area contributed by atoms with E-state index >= 15 is 0 Å². The Morgan fingerprint density at radius 1 is 1.00 bits per heavy atom. The van der Waals surface area contributed by atoms with Gasteiger partial charge in [-0.15, -0.1) is 0 Å². The summed E-state index contributed by atoms with van der Waals surface area (Å²) in [5.74, 6) is -3.12. The van der Waals surface area contributed by atoms with Crippen molar-refractivity contribution in [1.29, 1.82) is 0 Å². The normalized spacial score (nSPS) is 24.8. The summed E-state index contributed by atoms with van der Waals surface area (Å²) in [6.45, 7) is 4.00. The van der Waals surface area contributed by atoms with Gasteiger partial charge in [-0.25, -0.2) is 4.79 Å². The SMILES string of the molecule is CC.O=C1c2ccccc2CCC1C1(OC(=O)C(F)(F)F)CCC(c2ccc(Cl)cc2)CC1. The molecule has 2 aromatic rings. The fourth-order valence-corrected chi connectivity index (χ4v) is 5.16. The van der Waals surface area contributed by atoms with E-state index in [-0.39, 0.29) is 24.5 Å². The second kappa shape index (κ2) is 10.3. The number of hydrogen-bond acceptors (Lipinski definition) is 3. The first kappa shape index (κ1) is 25.3. The predicted molar refractivity (Wildman–Crippen MR) is 121 cm³/mol. The summed E-state index contributed by atoms with van der Waals surface area (Å²) in [4.78, 5) is 25.1. The number of halogens is 4. The molecular weight excluding hydrogens is 453 g/mol. The van der Waals surface area contributed by atoms with E-state index in [4.69, 9.17) is 16.3 Å². The minimum absolute atomic E-state index is 0.112. The molecular formula is C26H28ClF3O3. The molecule has 0 spiro atoms. The Morgan fingerprint density at radius 3 is 2.21 bits per heavy atom. The molecule has 3 nitrogen and oxygen atoms in total. The first-order chi connectivity index (χ1) is 15.7. The Kier molecular flexibility index (Phi) is 7.88. The second-order valence-electron chi connectivity index (χ2n) is 8.39. The third-order valence-electron chi connectivity index (χ3n) is 6.64. The Hall–Kier alpha value is -2.34. The maximum absolute atomic E-state index is 13.3. The summed E-state index contributed by atoms with van der Waals surface area (Å²) in [5.41, 5.74) is 0.998. The van der Waals surface area contributed by atoms with Crippen molar-refractivity contribution in [3.05, 3.63) is 70.2 Å². The molecule has 2 aromatic carbocycles. The number of ether oxygens (including phenoxy) is 1. The molecule has 0 N–H and O–H groups in total. The second-order valence-corrected chi connectivity index (χ2v) is 8.83. The molecule has 0 bridgehead atoms. The molecule has 1 fully saturated rings.